The highest BCUT2D eigenvalue weighted by molar-refractivity contribution is 9.10. The van der Waals surface area contributed by atoms with Crippen molar-refractivity contribution < 1.29 is 9.59 Å². The highest BCUT2D eigenvalue weighted by Gasteiger charge is 2.30. The van der Waals surface area contributed by atoms with E-state index in [-0.39, 0.29) is 24.4 Å². The second-order valence-corrected chi connectivity index (χ2v) is 6.62. The lowest BCUT2D eigenvalue weighted by atomic mass is 10.0. The molecule has 1 saturated heterocycles. The van der Waals surface area contributed by atoms with Gasteiger partial charge in [0.25, 0.3) is 0 Å². The van der Waals surface area contributed by atoms with E-state index in [2.05, 4.69) is 26.1 Å². The predicted molar refractivity (Wildman–Crippen MR) is 89.4 cm³/mol. The normalized spacial score (nSPS) is 16.3. The van der Waals surface area contributed by atoms with Crippen LogP contribution in [0.2, 0.25) is 0 Å². The average Bonchev–Trinajstić information content (AvgIpc) is 2.99. The number of rotatable bonds is 5. The van der Waals surface area contributed by atoms with Gasteiger partial charge >= 0.3 is 0 Å². The monoisotopic (exact) mass is 367 g/mol. The average molecular weight is 368 g/mol. The van der Waals surface area contributed by atoms with Crippen molar-refractivity contribution in [3.8, 4) is 0 Å². The maximum absolute atomic E-state index is 12.6. The molecule has 0 aromatic heterocycles. The maximum atomic E-state index is 12.6. The van der Waals surface area contributed by atoms with Gasteiger partial charge in [0.1, 0.15) is 6.04 Å². The van der Waals surface area contributed by atoms with Crippen LogP contribution in [0.25, 0.3) is 0 Å². The molecule has 2 amide bonds. The van der Waals surface area contributed by atoms with Crippen LogP contribution in [0.1, 0.15) is 24.4 Å². The van der Waals surface area contributed by atoms with Gasteiger partial charge in [-0.25, -0.2) is 0 Å². The molecule has 1 N–H and O–H groups in total. The van der Waals surface area contributed by atoms with Crippen molar-refractivity contribution in [2.75, 3.05) is 33.7 Å². The number of likely N-dealkylation sites (tertiary alicyclic amines) is 1. The quantitative estimate of drug-likeness (QED) is 0.862. The molecule has 0 bridgehead atoms. The number of nitrogens with zero attached hydrogens (tertiary/aromatic N) is 2. The predicted octanol–water partition coefficient (Wildman–Crippen LogP) is 1.79. The second kappa shape index (κ2) is 7.74. The zero-order chi connectivity index (χ0) is 16.1. The molecular formula is C16H22BrN3O2. The number of carbonyl (C=O) groups is 2. The largest absolute Gasteiger partial charge is 0.347 e. The van der Waals surface area contributed by atoms with Crippen LogP contribution in [0, 0.1) is 0 Å². The summed E-state index contributed by atoms with van der Waals surface area (Å²) in [6, 6.07) is 7.46. The molecule has 0 unspecified atom stereocenters. The topological polar surface area (TPSA) is 52.7 Å². The van der Waals surface area contributed by atoms with E-state index in [1.54, 1.807) is 14.1 Å². The Morgan fingerprint density at radius 3 is 2.59 bits per heavy atom. The van der Waals surface area contributed by atoms with Crippen LogP contribution < -0.4 is 5.32 Å². The lowest BCUT2D eigenvalue weighted by Crippen LogP contribution is -2.43. The molecule has 1 aromatic carbocycles. The Hall–Kier alpha value is -1.40. The number of nitrogens with one attached hydrogen (secondary N) is 1. The summed E-state index contributed by atoms with van der Waals surface area (Å²) in [5.41, 5.74) is 0.950. The molecule has 0 spiro atoms. The van der Waals surface area contributed by atoms with E-state index in [9.17, 15) is 9.59 Å². The van der Waals surface area contributed by atoms with Gasteiger partial charge in [0, 0.05) is 18.6 Å². The first-order valence-electron chi connectivity index (χ1n) is 7.46. The molecule has 1 aromatic rings. The summed E-state index contributed by atoms with van der Waals surface area (Å²) in [7, 11) is 3.36. The smallest absolute Gasteiger partial charge is 0.242 e. The van der Waals surface area contributed by atoms with E-state index in [1.807, 2.05) is 24.3 Å². The van der Waals surface area contributed by atoms with E-state index in [4.69, 9.17) is 0 Å². The number of carbonyl (C=O) groups excluding carboxylic acids is 2. The van der Waals surface area contributed by atoms with Crippen LogP contribution >= 0.6 is 15.9 Å². The standard InChI is InChI=1S/C16H22BrN3O2/c1-19(2)14(21)11-18-16(22)15(20-8-3-4-9-20)12-6-5-7-13(17)10-12/h5-7,10,15H,3-4,8-9,11H2,1-2H3,(H,18,22)/t15-/m0/s1. The zero-order valence-electron chi connectivity index (χ0n) is 13.0. The van der Waals surface area contributed by atoms with Gasteiger partial charge in [0.15, 0.2) is 0 Å². The first-order chi connectivity index (χ1) is 10.5. The number of hydrogen-bond acceptors (Lipinski definition) is 3. The molecule has 120 valence electrons. The fraction of sp³-hybridized carbons (Fsp3) is 0.500. The van der Waals surface area contributed by atoms with Gasteiger partial charge < -0.3 is 10.2 Å². The minimum absolute atomic E-state index is 0.0319. The van der Waals surface area contributed by atoms with Crippen LogP contribution in [-0.2, 0) is 9.59 Å². The molecule has 1 fully saturated rings. The fourth-order valence-corrected chi connectivity index (χ4v) is 3.04. The summed E-state index contributed by atoms with van der Waals surface area (Å²) in [5.74, 6) is -0.224. The van der Waals surface area contributed by atoms with Crippen molar-refractivity contribution >= 4 is 27.7 Å². The van der Waals surface area contributed by atoms with E-state index < -0.39 is 0 Å². The highest BCUT2D eigenvalue weighted by Crippen LogP contribution is 2.27. The Balaban J connectivity index is 2.13. The van der Waals surface area contributed by atoms with Gasteiger partial charge in [0.05, 0.1) is 6.54 Å². The molecule has 1 aliphatic rings. The lowest BCUT2D eigenvalue weighted by Gasteiger charge is -2.27. The van der Waals surface area contributed by atoms with Crippen LogP contribution in [0.5, 0.6) is 0 Å². The molecular weight excluding hydrogens is 346 g/mol. The van der Waals surface area contributed by atoms with E-state index >= 15 is 0 Å². The number of amides is 2. The first kappa shape index (κ1) is 17.0. The molecule has 5 nitrogen and oxygen atoms in total. The van der Waals surface area contributed by atoms with Crippen molar-refractivity contribution in [1.29, 1.82) is 0 Å². The molecule has 22 heavy (non-hydrogen) atoms. The molecule has 0 aliphatic carbocycles. The number of benzene rings is 1. The Bertz CT molecular complexity index is 542. The minimum atomic E-state index is -0.338. The summed E-state index contributed by atoms with van der Waals surface area (Å²) >= 11 is 3.46. The van der Waals surface area contributed by atoms with E-state index in [1.165, 1.54) is 4.90 Å². The second-order valence-electron chi connectivity index (χ2n) is 5.71. The molecule has 0 radical (unpaired) electrons. The SMILES string of the molecule is CN(C)C(=O)CNC(=O)[C@H](c1cccc(Br)c1)N1CCCC1. The van der Waals surface area contributed by atoms with Gasteiger partial charge in [0.2, 0.25) is 11.8 Å². The highest BCUT2D eigenvalue weighted by atomic mass is 79.9. The van der Waals surface area contributed by atoms with Crippen LogP contribution in [0.4, 0.5) is 0 Å². The summed E-state index contributed by atoms with van der Waals surface area (Å²) in [6.45, 7) is 1.85. The number of hydrogen-bond donors (Lipinski definition) is 1. The fourth-order valence-electron chi connectivity index (χ4n) is 2.62. The van der Waals surface area contributed by atoms with Gasteiger partial charge in [-0.2, -0.15) is 0 Å². The van der Waals surface area contributed by atoms with Crippen molar-refractivity contribution in [2.24, 2.45) is 0 Å². The molecule has 2 rings (SSSR count). The number of halogens is 1. The molecule has 1 atom stereocenters. The molecule has 1 aliphatic heterocycles. The maximum Gasteiger partial charge on any atom is 0.242 e. The molecule has 1 heterocycles. The third-order valence-electron chi connectivity index (χ3n) is 3.83. The molecule has 0 saturated carbocycles. The van der Waals surface area contributed by atoms with Crippen LogP contribution in [-0.4, -0.2) is 55.3 Å². The van der Waals surface area contributed by atoms with Gasteiger partial charge in [-0.15, -0.1) is 0 Å². The summed E-state index contributed by atoms with van der Waals surface area (Å²) in [4.78, 5) is 28.0. The molecule has 6 heteroatoms. The Kier molecular flexibility index (Phi) is 5.97. The van der Waals surface area contributed by atoms with E-state index in [0.29, 0.717) is 0 Å². The summed E-state index contributed by atoms with van der Waals surface area (Å²) in [5, 5.41) is 2.77. The Morgan fingerprint density at radius 2 is 2.00 bits per heavy atom. The van der Waals surface area contributed by atoms with Gasteiger partial charge in [-0.1, -0.05) is 28.1 Å². The number of likely N-dealkylation sites (N-methyl/N-ethyl adjacent to an activating group) is 1. The van der Waals surface area contributed by atoms with Crippen molar-refractivity contribution in [3.05, 3.63) is 34.3 Å². The van der Waals surface area contributed by atoms with Crippen LogP contribution in [0.3, 0.4) is 0 Å². The van der Waals surface area contributed by atoms with Gasteiger partial charge in [-0.3, -0.25) is 14.5 Å². The Labute approximate surface area is 139 Å². The van der Waals surface area contributed by atoms with E-state index in [0.717, 1.165) is 36.0 Å². The summed E-state index contributed by atoms with van der Waals surface area (Å²) in [6.07, 6.45) is 2.21. The zero-order valence-corrected chi connectivity index (χ0v) is 14.6. The third-order valence-corrected chi connectivity index (χ3v) is 4.32. The van der Waals surface area contributed by atoms with Crippen molar-refractivity contribution in [2.45, 2.75) is 18.9 Å². The van der Waals surface area contributed by atoms with Gasteiger partial charge in [-0.05, 0) is 43.6 Å². The minimum Gasteiger partial charge on any atom is -0.347 e. The van der Waals surface area contributed by atoms with Crippen molar-refractivity contribution in [3.63, 3.8) is 0 Å². The third kappa shape index (κ3) is 4.30. The van der Waals surface area contributed by atoms with Crippen molar-refractivity contribution in [1.82, 2.24) is 15.1 Å². The Morgan fingerprint density at radius 1 is 1.32 bits per heavy atom. The lowest BCUT2D eigenvalue weighted by molar-refractivity contribution is -0.132. The summed E-state index contributed by atoms with van der Waals surface area (Å²) < 4.78 is 0.950. The first-order valence-corrected chi connectivity index (χ1v) is 8.25. The van der Waals surface area contributed by atoms with Crippen LogP contribution in [0.15, 0.2) is 28.7 Å².